The summed E-state index contributed by atoms with van der Waals surface area (Å²) in [7, 11) is 0. The van der Waals surface area contributed by atoms with E-state index in [1.54, 1.807) is 0 Å². The standard InChI is InChI=1S/C28H49BrO.H3N/c1-4-5-6-7-8-9-10-11-12-13-14-22(2)27(3,29)21-26(30)28-18-23-15-24(19-28)17-25(16-23)20-28;/h22-25H,4-21H2,1-3H3;1H3. The van der Waals surface area contributed by atoms with Crippen LogP contribution in [0.25, 0.3) is 0 Å². The smallest absolute Gasteiger partial charge is 0.140 e. The van der Waals surface area contributed by atoms with E-state index < -0.39 is 0 Å². The van der Waals surface area contributed by atoms with Crippen LogP contribution >= 0.6 is 15.9 Å². The molecule has 0 saturated heterocycles. The third kappa shape index (κ3) is 7.56. The second kappa shape index (κ2) is 12.5. The molecular weight excluding hydrogens is 446 g/mol. The molecule has 0 aromatic rings. The van der Waals surface area contributed by atoms with Crippen molar-refractivity contribution in [1.29, 1.82) is 0 Å². The number of rotatable bonds is 15. The molecule has 2 unspecified atom stereocenters. The third-order valence-corrected chi connectivity index (χ3v) is 10.2. The first-order chi connectivity index (χ1) is 14.3. The van der Waals surface area contributed by atoms with Crippen molar-refractivity contribution < 1.29 is 4.79 Å². The number of Topliss-reactive ketones (excluding diaryl/α,β-unsaturated/α-hetero) is 1. The minimum absolute atomic E-state index is 0. The minimum Gasteiger partial charge on any atom is -0.344 e. The highest BCUT2D eigenvalue weighted by molar-refractivity contribution is 9.10. The highest BCUT2D eigenvalue weighted by atomic mass is 79.9. The van der Waals surface area contributed by atoms with Crippen LogP contribution in [-0.4, -0.2) is 10.1 Å². The summed E-state index contributed by atoms with van der Waals surface area (Å²) in [5.41, 5.74) is 0.0701. The Labute approximate surface area is 202 Å². The van der Waals surface area contributed by atoms with Crippen molar-refractivity contribution in [3.8, 4) is 0 Å². The van der Waals surface area contributed by atoms with Crippen molar-refractivity contribution in [2.45, 2.75) is 141 Å². The topological polar surface area (TPSA) is 52.1 Å². The molecule has 0 aromatic carbocycles. The van der Waals surface area contributed by atoms with Gasteiger partial charge in [-0.1, -0.05) is 94.0 Å². The number of hydrogen-bond donors (Lipinski definition) is 1. The molecule has 4 saturated carbocycles. The Morgan fingerprint density at radius 2 is 1.29 bits per heavy atom. The van der Waals surface area contributed by atoms with Crippen LogP contribution in [0.1, 0.15) is 136 Å². The quantitative estimate of drug-likeness (QED) is 0.181. The largest absolute Gasteiger partial charge is 0.344 e. The zero-order chi connectivity index (χ0) is 21.6. The van der Waals surface area contributed by atoms with Gasteiger partial charge < -0.3 is 6.15 Å². The number of unbranched alkanes of at least 4 members (excludes halogenated alkanes) is 9. The van der Waals surface area contributed by atoms with Gasteiger partial charge in [-0.25, -0.2) is 0 Å². The van der Waals surface area contributed by atoms with E-state index in [9.17, 15) is 4.79 Å². The Morgan fingerprint density at radius 1 is 0.871 bits per heavy atom. The van der Waals surface area contributed by atoms with E-state index in [1.807, 2.05) is 0 Å². The molecule has 3 heteroatoms. The van der Waals surface area contributed by atoms with Crippen LogP contribution < -0.4 is 6.15 Å². The second-order valence-electron chi connectivity index (χ2n) is 11.9. The van der Waals surface area contributed by atoms with E-state index in [-0.39, 0.29) is 15.9 Å². The molecule has 0 amide bonds. The first kappa shape index (κ1) is 27.4. The van der Waals surface area contributed by atoms with Gasteiger partial charge >= 0.3 is 0 Å². The maximum absolute atomic E-state index is 13.5. The molecule has 4 bridgehead atoms. The van der Waals surface area contributed by atoms with Crippen molar-refractivity contribution in [3.05, 3.63) is 0 Å². The van der Waals surface area contributed by atoms with Crippen LogP contribution in [0.3, 0.4) is 0 Å². The van der Waals surface area contributed by atoms with Gasteiger partial charge in [-0.05, 0) is 75.5 Å². The van der Waals surface area contributed by atoms with Gasteiger partial charge in [0.1, 0.15) is 5.78 Å². The zero-order valence-corrected chi connectivity index (χ0v) is 22.6. The lowest BCUT2D eigenvalue weighted by Crippen LogP contribution is -2.51. The molecule has 4 fully saturated rings. The molecule has 0 aliphatic heterocycles. The van der Waals surface area contributed by atoms with Gasteiger partial charge in [0.2, 0.25) is 0 Å². The van der Waals surface area contributed by atoms with Crippen molar-refractivity contribution in [2.75, 3.05) is 0 Å². The van der Waals surface area contributed by atoms with Crippen LogP contribution in [0.2, 0.25) is 0 Å². The zero-order valence-electron chi connectivity index (χ0n) is 21.0. The van der Waals surface area contributed by atoms with E-state index in [1.165, 1.54) is 109 Å². The minimum atomic E-state index is -0.0211. The summed E-state index contributed by atoms with van der Waals surface area (Å²) in [4.78, 5) is 13.5. The Bertz CT molecular complexity index is 508. The normalized spacial score (nSPS) is 31.8. The molecule has 2 atom stereocenters. The summed E-state index contributed by atoms with van der Waals surface area (Å²) in [6.07, 6.45) is 23.9. The molecule has 3 N–H and O–H groups in total. The monoisotopic (exact) mass is 497 g/mol. The number of carbonyl (C=O) groups excluding carboxylic acids is 1. The van der Waals surface area contributed by atoms with Gasteiger partial charge in [0.25, 0.3) is 0 Å². The van der Waals surface area contributed by atoms with Crippen LogP contribution in [0.15, 0.2) is 0 Å². The van der Waals surface area contributed by atoms with Crippen LogP contribution in [0.5, 0.6) is 0 Å². The van der Waals surface area contributed by atoms with E-state index in [2.05, 4.69) is 36.7 Å². The van der Waals surface area contributed by atoms with Gasteiger partial charge in [0.15, 0.2) is 0 Å². The maximum Gasteiger partial charge on any atom is 0.140 e. The lowest BCUT2D eigenvalue weighted by atomic mass is 9.48. The van der Waals surface area contributed by atoms with Crippen LogP contribution in [-0.2, 0) is 4.79 Å². The van der Waals surface area contributed by atoms with E-state index in [0.717, 1.165) is 24.2 Å². The number of ketones is 1. The molecular formula is C28H52BrNO. The van der Waals surface area contributed by atoms with Gasteiger partial charge in [0, 0.05) is 16.2 Å². The van der Waals surface area contributed by atoms with E-state index in [0.29, 0.717) is 11.7 Å². The van der Waals surface area contributed by atoms with Gasteiger partial charge in [-0.2, -0.15) is 0 Å². The highest BCUT2D eigenvalue weighted by Gasteiger charge is 2.55. The molecule has 4 aliphatic rings. The van der Waals surface area contributed by atoms with Crippen molar-refractivity contribution in [1.82, 2.24) is 6.15 Å². The van der Waals surface area contributed by atoms with Gasteiger partial charge in [0.05, 0.1) is 0 Å². The average molecular weight is 499 g/mol. The second-order valence-corrected chi connectivity index (χ2v) is 13.8. The fraction of sp³-hybridized carbons (Fsp3) is 0.964. The van der Waals surface area contributed by atoms with Crippen molar-refractivity contribution in [3.63, 3.8) is 0 Å². The molecule has 2 nitrogen and oxygen atoms in total. The molecule has 0 spiro atoms. The molecule has 4 rings (SSSR count). The predicted molar refractivity (Wildman–Crippen MR) is 138 cm³/mol. The Morgan fingerprint density at radius 3 is 1.74 bits per heavy atom. The van der Waals surface area contributed by atoms with E-state index >= 15 is 0 Å². The number of hydrogen-bond acceptors (Lipinski definition) is 2. The van der Waals surface area contributed by atoms with E-state index in [4.69, 9.17) is 0 Å². The average Bonchev–Trinajstić information content (AvgIpc) is 2.68. The first-order valence-electron chi connectivity index (χ1n) is 13.6. The van der Waals surface area contributed by atoms with Gasteiger partial charge in [-0.3, -0.25) is 4.79 Å². The molecule has 4 aliphatic carbocycles. The van der Waals surface area contributed by atoms with Crippen molar-refractivity contribution in [2.24, 2.45) is 29.1 Å². The number of alkyl halides is 1. The summed E-state index contributed by atoms with van der Waals surface area (Å²) in [6, 6.07) is 0. The van der Waals surface area contributed by atoms with Crippen molar-refractivity contribution >= 4 is 21.7 Å². The Hall–Kier alpha value is 0.110. The number of carbonyl (C=O) groups is 1. The fourth-order valence-corrected chi connectivity index (χ4v) is 7.85. The number of halogens is 1. The Kier molecular flexibility index (Phi) is 11.1. The SMILES string of the molecule is CCCCCCCCCCCCC(C)C(C)(Br)CC(=O)C12CC3CC(CC(C3)C1)C2.N. The molecule has 0 aromatic heterocycles. The molecule has 0 radical (unpaired) electrons. The summed E-state index contributed by atoms with van der Waals surface area (Å²) in [5, 5.41) is 0. The third-order valence-electron chi connectivity index (χ3n) is 9.15. The van der Waals surface area contributed by atoms with Crippen LogP contribution in [0.4, 0.5) is 0 Å². The molecule has 182 valence electrons. The maximum atomic E-state index is 13.5. The summed E-state index contributed by atoms with van der Waals surface area (Å²) >= 11 is 4.03. The summed E-state index contributed by atoms with van der Waals surface area (Å²) in [5.74, 6) is 3.78. The highest BCUT2D eigenvalue weighted by Crippen LogP contribution is 2.61. The predicted octanol–water partition coefficient (Wildman–Crippen LogP) is 9.42. The molecule has 31 heavy (non-hydrogen) atoms. The lowest BCUT2D eigenvalue weighted by Gasteiger charge is -2.56. The van der Waals surface area contributed by atoms with Crippen LogP contribution in [0, 0.1) is 29.1 Å². The fourth-order valence-electron chi connectivity index (χ4n) is 7.37. The molecule has 0 heterocycles. The summed E-state index contributed by atoms with van der Waals surface area (Å²) < 4.78 is -0.0211. The van der Waals surface area contributed by atoms with Gasteiger partial charge in [-0.15, -0.1) is 0 Å². The first-order valence-corrected chi connectivity index (χ1v) is 14.4. The Balaban J connectivity index is 0.00000341. The summed E-state index contributed by atoms with van der Waals surface area (Å²) in [6.45, 7) is 6.96. The lowest BCUT2D eigenvalue weighted by molar-refractivity contribution is -0.144.